The molecule has 0 spiro atoms. The first-order chi connectivity index (χ1) is 7.47. The van der Waals surface area contributed by atoms with E-state index >= 15 is 0 Å². The van der Waals surface area contributed by atoms with E-state index in [1.165, 1.54) is 12.8 Å². The fourth-order valence-corrected chi connectivity index (χ4v) is 3.26. The van der Waals surface area contributed by atoms with Crippen LogP contribution in [0.4, 0.5) is 0 Å². The lowest BCUT2D eigenvalue weighted by molar-refractivity contribution is 0.178. The van der Waals surface area contributed by atoms with Gasteiger partial charge in [-0.15, -0.1) is 0 Å². The topological polar surface area (TPSA) is 19.9 Å². The van der Waals surface area contributed by atoms with E-state index in [9.17, 15) is 5.11 Å². The van der Waals surface area contributed by atoms with Crippen LogP contribution in [0.25, 0.3) is 0 Å². The maximum atomic E-state index is 12.1. The molecule has 1 nitrogen and oxygen atoms in total. The van der Waals surface area contributed by atoms with Crippen molar-refractivity contribution in [3.63, 3.8) is 0 Å². The summed E-state index contributed by atoms with van der Waals surface area (Å²) in [5, 5.41) is 12.1. The van der Waals surface area contributed by atoms with Crippen LogP contribution in [0, 0.1) is 5.41 Å². The maximum Gasteiger partial charge on any atom is 0.182 e. The molecule has 0 atom stereocenters. The van der Waals surface area contributed by atoms with Crippen molar-refractivity contribution in [1.82, 2.24) is 0 Å². The molecule has 0 saturated heterocycles. The van der Waals surface area contributed by atoms with Crippen LogP contribution >= 0.6 is 0 Å². The van der Waals surface area contributed by atoms with E-state index in [1.807, 2.05) is 18.2 Å². The fourth-order valence-electron chi connectivity index (χ4n) is 3.26. The molecule has 0 amide bonds. The molecule has 1 aromatic carbocycles. The summed E-state index contributed by atoms with van der Waals surface area (Å²) in [7, 11) is 0. The normalized spacial score (nSPS) is 19.9. The number of para-hydroxylation sites is 1. The highest BCUT2D eigenvalue weighted by Crippen LogP contribution is 2.54. The molecule has 1 saturated carbocycles. The largest absolute Gasteiger partial charge is 0.290 e. The van der Waals surface area contributed by atoms with Crippen molar-refractivity contribution in [2.45, 2.75) is 51.9 Å². The average Bonchev–Trinajstić information content (AvgIpc) is 2.67. The minimum Gasteiger partial charge on any atom is -0.290 e. The van der Waals surface area contributed by atoms with Crippen LogP contribution in [-0.4, -0.2) is 0 Å². The quantitative estimate of drug-likeness (QED) is 0.650. The molecule has 0 bridgehead atoms. The Morgan fingerprint density at radius 3 is 2.12 bits per heavy atom. The van der Waals surface area contributed by atoms with E-state index in [4.69, 9.17) is 0 Å². The number of hydrogen-bond donors (Lipinski definition) is 0. The summed E-state index contributed by atoms with van der Waals surface area (Å²) >= 11 is 0. The van der Waals surface area contributed by atoms with Gasteiger partial charge in [0.25, 0.3) is 0 Å². The summed E-state index contributed by atoms with van der Waals surface area (Å²) in [6.45, 7) is 6.81. The van der Waals surface area contributed by atoms with Crippen LogP contribution in [0.5, 0.6) is 5.75 Å². The predicted octanol–water partition coefficient (Wildman–Crippen LogP) is 4.69. The van der Waals surface area contributed by atoms with E-state index in [-0.39, 0.29) is 16.6 Å². The van der Waals surface area contributed by atoms with Gasteiger partial charge in [-0.05, 0) is 24.3 Å². The minimum absolute atomic E-state index is 0.103. The Hall–Kier alpha value is -0.980. The summed E-state index contributed by atoms with van der Waals surface area (Å²) in [6, 6.07) is 7.60. The molecule has 0 N–H and O–H groups in total. The second-order valence-corrected chi connectivity index (χ2v) is 6.04. The Morgan fingerprint density at radius 1 is 1.06 bits per heavy atom. The third-order valence-corrected chi connectivity index (χ3v) is 4.30. The molecule has 16 heavy (non-hydrogen) atoms. The maximum absolute atomic E-state index is 12.1. The van der Waals surface area contributed by atoms with Crippen LogP contribution in [0.15, 0.2) is 24.3 Å². The van der Waals surface area contributed by atoms with Crippen molar-refractivity contribution >= 4 is 0 Å². The Kier molecular flexibility index (Phi) is 2.73. The molecule has 0 heterocycles. The van der Waals surface area contributed by atoms with E-state index in [0.717, 1.165) is 18.4 Å². The van der Waals surface area contributed by atoms with Crippen molar-refractivity contribution < 1.29 is 5.11 Å². The molecule has 1 radical (unpaired) electrons. The fraction of sp³-hybridized carbons (Fsp3) is 0.600. The van der Waals surface area contributed by atoms with Gasteiger partial charge in [0, 0.05) is 11.0 Å². The van der Waals surface area contributed by atoms with E-state index in [2.05, 4.69) is 20.8 Å². The predicted molar refractivity (Wildman–Crippen MR) is 66.2 cm³/mol. The van der Waals surface area contributed by atoms with Gasteiger partial charge < -0.3 is 0 Å². The summed E-state index contributed by atoms with van der Waals surface area (Å²) in [6.07, 6.45) is 4.84. The van der Waals surface area contributed by atoms with Crippen LogP contribution in [0.3, 0.4) is 0 Å². The molecule has 1 fully saturated rings. The van der Waals surface area contributed by atoms with Gasteiger partial charge in [-0.25, -0.2) is 0 Å². The minimum atomic E-state index is 0.103. The standard InChI is InChI=1S/C15H21O/c1-14(2,3)15(10-6-7-11-15)12-8-4-5-9-13(12)16/h4-5,8-9H,6-7,10-11H2,1-3H3. The van der Waals surface area contributed by atoms with Gasteiger partial charge in [0.15, 0.2) is 5.75 Å². The first kappa shape index (κ1) is 11.5. The summed E-state index contributed by atoms with van der Waals surface area (Å²) in [5.74, 6) is 0.222. The highest BCUT2D eigenvalue weighted by molar-refractivity contribution is 5.40. The third-order valence-electron chi connectivity index (χ3n) is 4.30. The second kappa shape index (κ2) is 3.80. The number of hydrogen-bond acceptors (Lipinski definition) is 0. The smallest absolute Gasteiger partial charge is 0.182 e. The van der Waals surface area contributed by atoms with Crippen molar-refractivity contribution in [3.05, 3.63) is 29.8 Å². The van der Waals surface area contributed by atoms with E-state index < -0.39 is 0 Å². The van der Waals surface area contributed by atoms with Gasteiger partial charge >= 0.3 is 0 Å². The van der Waals surface area contributed by atoms with Crippen LogP contribution in [0.2, 0.25) is 0 Å². The molecular formula is C15H21O. The van der Waals surface area contributed by atoms with Gasteiger partial charge in [-0.2, -0.15) is 0 Å². The Bertz CT molecular complexity index is 367. The third kappa shape index (κ3) is 1.63. The summed E-state index contributed by atoms with van der Waals surface area (Å²) < 4.78 is 0. The zero-order chi connectivity index (χ0) is 11.8. The first-order valence-corrected chi connectivity index (χ1v) is 6.24. The SMILES string of the molecule is CC(C)(C)C1(c2ccccc2[O])CCCC1. The Labute approximate surface area is 98.5 Å². The van der Waals surface area contributed by atoms with E-state index in [1.54, 1.807) is 6.07 Å². The summed E-state index contributed by atoms with van der Waals surface area (Å²) in [5.41, 5.74) is 1.31. The molecule has 0 unspecified atom stereocenters. The molecule has 1 aliphatic carbocycles. The molecule has 1 aromatic rings. The molecule has 0 aliphatic heterocycles. The Balaban J connectivity index is 2.53. The lowest BCUT2D eigenvalue weighted by Gasteiger charge is -2.42. The molecular weight excluding hydrogens is 196 g/mol. The molecule has 87 valence electrons. The van der Waals surface area contributed by atoms with Crippen molar-refractivity contribution in [1.29, 1.82) is 0 Å². The summed E-state index contributed by atoms with van der Waals surface area (Å²) in [4.78, 5) is 0. The molecule has 1 aliphatic rings. The van der Waals surface area contributed by atoms with E-state index in [0.29, 0.717) is 0 Å². The van der Waals surface area contributed by atoms with Gasteiger partial charge in [-0.1, -0.05) is 51.8 Å². The highest BCUT2D eigenvalue weighted by atomic mass is 16.3. The molecule has 0 aromatic heterocycles. The monoisotopic (exact) mass is 217 g/mol. The number of rotatable bonds is 1. The number of benzene rings is 1. The van der Waals surface area contributed by atoms with Crippen molar-refractivity contribution in [2.24, 2.45) is 5.41 Å². The Morgan fingerprint density at radius 2 is 1.62 bits per heavy atom. The van der Waals surface area contributed by atoms with Crippen molar-refractivity contribution in [2.75, 3.05) is 0 Å². The van der Waals surface area contributed by atoms with Crippen LogP contribution in [-0.2, 0) is 10.5 Å². The van der Waals surface area contributed by atoms with Crippen molar-refractivity contribution in [3.8, 4) is 5.75 Å². The lowest BCUT2D eigenvalue weighted by Crippen LogP contribution is -2.37. The van der Waals surface area contributed by atoms with Crippen LogP contribution < -0.4 is 0 Å². The molecule has 2 rings (SSSR count). The van der Waals surface area contributed by atoms with Gasteiger partial charge in [0.2, 0.25) is 0 Å². The highest BCUT2D eigenvalue weighted by Gasteiger charge is 2.46. The zero-order valence-corrected chi connectivity index (χ0v) is 10.5. The lowest BCUT2D eigenvalue weighted by atomic mass is 9.61. The zero-order valence-electron chi connectivity index (χ0n) is 10.5. The second-order valence-electron chi connectivity index (χ2n) is 6.04. The van der Waals surface area contributed by atoms with Gasteiger partial charge in [0.05, 0.1) is 0 Å². The average molecular weight is 217 g/mol. The van der Waals surface area contributed by atoms with Gasteiger partial charge in [0.1, 0.15) is 0 Å². The molecule has 1 heteroatoms. The first-order valence-electron chi connectivity index (χ1n) is 6.24. The van der Waals surface area contributed by atoms with Gasteiger partial charge in [-0.3, -0.25) is 5.11 Å². The van der Waals surface area contributed by atoms with Crippen LogP contribution in [0.1, 0.15) is 52.0 Å².